The molecule has 0 saturated heterocycles. The SMILES string of the molecule is Cc1c(-c2[nH]nc(N)c2C#N)oc2ccccc12. The second-order valence-electron chi connectivity index (χ2n) is 4.02. The van der Waals surface area contributed by atoms with Crippen LogP contribution in [0.15, 0.2) is 28.7 Å². The third kappa shape index (κ3) is 1.29. The van der Waals surface area contributed by atoms with Gasteiger partial charge in [0.05, 0.1) is 0 Å². The molecular weight excluding hydrogens is 228 g/mol. The lowest BCUT2D eigenvalue weighted by Crippen LogP contribution is -1.87. The summed E-state index contributed by atoms with van der Waals surface area (Å²) >= 11 is 0. The van der Waals surface area contributed by atoms with Crippen LogP contribution in [-0.2, 0) is 0 Å². The number of fused-ring (bicyclic) bond motifs is 1. The first-order valence-electron chi connectivity index (χ1n) is 5.45. The zero-order valence-electron chi connectivity index (χ0n) is 9.69. The van der Waals surface area contributed by atoms with Gasteiger partial charge in [0.1, 0.15) is 22.9 Å². The van der Waals surface area contributed by atoms with Gasteiger partial charge in [0, 0.05) is 10.9 Å². The van der Waals surface area contributed by atoms with Crippen molar-refractivity contribution < 1.29 is 4.42 Å². The smallest absolute Gasteiger partial charge is 0.163 e. The number of benzene rings is 1. The zero-order valence-corrected chi connectivity index (χ0v) is 9.69. The molecule has 5 nitrogen and oxygen atoms in total. The summed E-state index contributed by atoms with van der Waals surface area (Å²) in [7, 11) is 0. The van der Waals surface area contributed by atoms with Gasteiger partial charge in [-0.1, -0.05) is 18.2 Å². The number of H-pyrrole nitrogens is 1. The highest BCUT2D eigenvalue weighted by molar-refractivity contribution is 5.88. The van der Waals surface area contributed by atoms with Gasteiger partial charge in [-0.2, -0.15) is 10.4 Å². The van der Waals surface area contributed by atoms with Gasteiger partial charge < -0.3 is 10.2 Å². The maximum absolute atomic E-state index is 9.08. The molecule has 0 saturated carbocycles. The van der Waals surface area contributed by atoms with E-state index in [9.17, 15) is 0 Å². The maximum Gasteiger partial charge on any atom is 0.163 e. The van der Waals surface area contributed by atoms with Crippen LogP contribution in [0.4, 0.5) is 5.82 Å². The molecule has 3 aromatic rings. The van der Waals surface area contributed by atoms with Crippen molar-refractivity contribution in [2.75, 3.05) is 5.73 Å². The molecule has 1 aromatic carbocycles. The molecule has 0 spiro atoms. The number of nitrogen functional groups attached to an aromatic ring is 1. The predicted molar refractivity (Wildman–Crippen MR) is 67.7 cm³/mol. The van der Waals surface area contributed by atoms with Gasteiger partial charge in [-0.15, -0.1) is 0 Å². The number of nitrogens with one attached hydrogen (secondary N) is 1. The Hall–Kier alpha value is -2.74. The lowest BCUT2D eigenvalue weighted by atomic mass is 10.1. The first-order chi connectivity index (χ1) is 8.72. The van der Waals surface area contributed by atoms with Gasteiger partial charge >= 0.3 is 0 Å². The first-order valence-corrected chi connectivity index (χ1v) is 5.45. The van der Waals surface area contributed by atoms with Crippen molar-refractivity contribution in [1.82, 2.24) is 10.2 Å². The van der Waals surface area contributed by atoms with Crippen LogP contribution in [0.3, 0.4) is 0 Å². The molecule has 0 aliphatic heterocycles. The van der Waals surface area contributed by atoms with Gasteiger partial charge in [-0.05, 0) is 13.0 Å². The average Bonchev–Trinajstić information content (AvgIpc) is 2.91. The molecule has 0 atom stereocenters. The van der Waals surface area contributed by atoms with E-state index in [1.54, 1.807) is 0 Å². The number of hydrogen-bond acceptors (Lipinski definition) is 4. The summed E-state index contributed by atoms with van der Waals surface area (Å²) in [6.07, 6.45) is 0. The lowest BCUT2D eigenvalue weighted by Gasteiger charge is -1.94. The largest absolute Gasteiger partial charge is 0.454 e. The fourth-order valence-electron chi connectivity index (χ4n) is 2.05. The summed E-state index contributed by atoms with van der Waals surface area (Å²) in [5.41, 5.74) is 8.22. The number of hydrogen-bond donors (Lipinski definition) is 2. The van der Waals surface area contributed by atoms with Gasteiger partial charge in [-0.3, -0.25) is 5.10 Å². The average molecular weight is 238 g/mol. The van der Waals surface area contributed by atoms with Gasteiger partial charge in [0.25, 0.3) is 0 Å². The highest BCUT2D eigenvalue weighted by Gasteiger charge is 2.19. The molecule has 3 rings (SSSR count). The van der Waals surface area contributed by atoms with Gasteiger partial charge in [0.2, 0.25) is 0 Å². The quantitative estimate of drug-likeness (QED) is 0.681. The normalized spacial score (nSPS) is 10.7. The highest BCUT2D eigenvalue weighted by Crippen LogP contribution is 2.34. The Morgan fingerprint density at radius 3 is 2.89 bits per heavy atom. The summed E-state index contributed by atoms with van der Waals surface area (Å²) in [5, 5.41) is 16.7. The fraction of sp³-hybridized carbons (Fsp3) is 0.0769. The van der Waals surface area contributed by atoms with Crippen LogP contribution in [0.1, 0.15) is 11.1 Å². The molecule has 0 aliphatic carbocycles. The molecule has 2 aromatic heterocycles. The van der Waals surface area contributed by atoms with Crippen molar-refractivity contribution >= 4 is 16.8 Å². The zero-order chi connectivity index (χ0) is 12.7. The standard InChI is InChI=1S/C13H10N4O/c1-7-8-4-2-3-5-10(8)18-12(7)11-9(6-14)13(15)17-16-11/h2-5H,1H3,(H3,15,16,17). The molecule has 0 aliphatic rings. The number of nitrogens with two attached hydrogens (primary N) is 1. The Morgan fingerprint density at radius 2 is 2.17 bits per heavy atom. The minimum atomic E-state index is 0.187. The molecule has 0 unspecified atom stereocenters. The third-order valence-electron chi connectivity index (χ3n) is 2.98. The van der Waals surface area contributed by atoms with E-state index in [4.69, 9.17) is 15.4 Å². The number of aromatic amines is 1. The molecule has 3 N–H and O–H groups in total. The van der Waals surface area contributed by atoms with Crippen LogP contribution in [0.2, 0.25) is 0 Å². The van der Waals surface area contributed by atoms with E-state index in [2.05, 4.69) is 10.2 Å². The number of rotatable bonds is 1. The Kier molecular flexibility index (Phi) is 2.10. The van der Waals surface area contributed by atoms with E-state index in [0.717, 1.165) is 16.5 Å². The summed E-state index contributed by atoms with van der Waals surface area (Å²) in [6, 6.07) is 9.75. The molecule has 0 fully saturated rings. The number of nitrogens with zero attached hydrogens (tertiary/aromatic N) is 2. The Bertz CT molecular complexity index is 776. The van der Waals surface area contributed by atoms with Crippen molar-refractivity contribution in [2.24, 2.45) is 0 Å². The van der Waals surface area contributed by atoms with E-state index in [0.29, 0.717) is 17.0 Å². The Morgan fingerprint density at radius 1 is 1.39 bits per heavy atom. The number of nitriles is 1. The lowest BCUT2D eigenvalue weighted by molar-refractivity contribution is 0.625. The van der Waals surface area contributed by atoms with Gasteiger partial charge in [0.15, 0.2) is 11.6 Å². The number of para-hydroxylation sites is 1. The minimum Gasteiger partial charge on any atom is -0.454 e. The molecule has 0 bridgehead atoms. The van der Waals surface area contributed by atoms with Crippen molar-refractivity contribution in [2.45, 2.75) is 6.92 Å². The monoisotopic (exact) mass is 238 g/mol. The summed E-state index contributed by atoms with van der Waals surface area (Å²) in [5.74, 6) is 0.796. The van der Waals surface area contributed by atoms with Crippen LogP contribution in [0.25, 0.3) is 22.4 Å². The second-order valence-corrected chi connectivity index (χ2v) is 4.02. The summed E-state index contributed by atoms with van der Waals surface area (Å²) in [4.78, 5) is 0. The van der Waals surface area contributed by atoms with Crippen LogP contribution >= 0.6 is 0 Å². The molecule has 2 heterocycles. The molecule has 0 radical (unpaired) electrons. The maximum atomic E-state index is 9.08. The van der Waals surface area contributed by atoms with Crippen LogP contribution in [0.5, 0.6) is 0 Å². The van der Waals surface area contributed by atoms with Crippen LogP contribution in [-0.4, -0.2) is 10.2 Å². The van der Waals surface area contributed by atoms with Crippen molar-refractivity contribution in [3.63, 3.8) is 0 Å². The molecule has 5 heteroatoms. The Labute approximate surface area is 103 Å². The number of aromatic nitrogens is 2. The van der Waals surface area contributed by atoms with Crippen molar-refractivity contribution in [1.29, 1.82) is 5.26 Å². The molecule has 18 heavy (non-hydrogen) atoms. The number of furan rings is 1. The van der Waals surface area contributed by atoms with E-state index < -0.39 is 0 Å². The number of aryl methyl sites for hydroxylation is 1. The second kappa shape index (κ2) is 3.64. The Balaban J connectivity index is 2.32. The highest BCUT2D eigenvalue weighted by atomic mass is 16.3. The van der Waals surface area contributed by atoms with E-state index in [1.165, 1.54) is 0 Å². The predicted octanol–water partition coefficient (Wildman–Crippen LogP) is 2.59. The van der Waals surface area contributed by atoms with Gasteiger partial charge in [-0.25, -0.2) is 0 Å². The van der Waals surface area contributed by atoms with Crippen molar-refractivity contribution in [3.8, 4) is 17.5 Å². The van der Waals surface area contributed by atoms with E-state index in [1.807, 2.05) is 37.3 Å². The molecule has 0 amide bonds. The first kappa shape index (κ1) is 10.4. The van der Waals surface area contributed by atoms with E-state index >= 15 is 0 Å². The summed E-state index contributed by atoms with van der Waals surface area (Å²) < 4.78 is 5.76. The third-order valence-corrected chi connectivity index (χ3v) is 2.98. The minimum absolute atomic E-state index is 0.187. The fourth-order valence-corrected chi connectivity index (χ4v) is 2.05. The van der Waals surface area contributed by atoms with Crippen LogP contribution < -0.4 is 5.73 Å². The number of anilines is 1. The molecular formula is C13H10N4O. The van der Waals surface area contributed by atoms with Crippen LogP contribution in [0, 0.1) is 18.3 Å². The topological polar surface area (TPSA) is 91.6 Å². The van der Waals surface area contributed by atoms with Crippen molar-refractivity contribution in [3.05, 3.63) is 35.4 Å². The summed E-state index contributed by atoms with van der Waals surface area (Å²) in [6.45, 7) is 1.94. The molecule has 88 valence electrons. The van der Waals surface area contributed by atoms with E-state index in [-0.39, 0.29) is 5.82 Å².